The fourth-order valence-electron chi connectivity index (χ4n) is 6.25. The maximum absolute atomic E-state index is 13.8. The molecule has 2 aromatic carbocycles. The fraction of sp³-hybridized carbons (Fsp3) is 0.500. The van der Waals surface area contributed by atoms with Gasteiger partial charge in [0.05, 0.1) is 34.5 Å². The van der Waals surface area contributed by atoms with Crippen LogP contribution in [-0.2, 0) is 24.0 Å². The average Bonchev–Trinajstić information content (AvgIpc) is 3.62. The Kier molecular flexibility index (Phi) is 14.7. The van der Waals surface area contributed by atoms with Crippen LogP contribution in [-0.4, -0.2) is 109 Å². The number of para-hydroxylation sites is 1. The van der Waals surface area contributed by atoms with Crippen LogP contribution in [0.3, 0.4) is 0 Å². The number of nitrogens with zero attached hydrogens (tertiary/aromatic N) is 3. The molecule has 2 heterocycles. The third-order valence-electron chi connectivity index (χ3n) is 9.15. The second-order valence-corrected chi connectivity index (χ2v) is 14.4. The van der Waals surface area contributed by atoms with Crippen molar-refractivity contribution in [2.24, 2.45) is 11.8 Å². The molecule has 2 fully saturated rings. The Labute approximate surface area is 318 Å². The molecule has 0 bridgehead atoms. The second-order valence-electron chi connectivity index (χ2n) is 13.7. The first kappa shape index (κ1) is 41.1. The molecule has 14 nitrogen and oxygen atoms in total. The van der Waals surface area contributed by atoms with Crippen LogP contribution in [0.25, 0.3) is 0 Å². The lowest BCUT2D eigenvalue weighted by Crippen LogP contribution is -2.58. The van der Waals surface area contributed by atoms with Gasteiger partial charge in [0.1, 0.15) is 23.9 Å². The summed E-state index contributed by atoms with van der Waals surface area (Å²) >= 11 is 12.6. The quantitative estimate of drug-likeness (QED) is 0.208. The summed E-state index contributed by atoms with van der Waals surface area (Å²) in [5, 5.41) is 13.3. The van der Waals surface area contributed by atoms with Crippen molar-refractivity contribution in [3.63, 3.8) is 0 Å². The molecule has 53 heavy (non-hydrogen) atoms. The van der Waals surface area contributed by atoms with E-state index in [0.29, 0.717) is 55.6 Å². The number of anilines is 2. The molecule has 2 saturated heterocycles. The average molecular weight is 778 g/mol. The Balaban J connectivity index is 1.26. The Bertz CT molecular complexity index is 1670. The van der Waals surface area contributed by atoms with Gasteiger partial charge in [0.15, 0.2) is 0 Å². The van der Waals surface area contributed by atoms with E-state index in [-0.39, 0.29) is 29.3 Å². The molecule has 0 saturated carbocycles. The molecule has 4 rings (SSSR count). The number of piperazine rings is 1. The number of carbonyl (C=O) groups is 6. The molecular weight excluding hydrogens is 730 g/mol. The molecule has 7 amide bonds. The van der Waals surface area contributed by atoms with Crippen molar-refractivity contribution in [3.8, 4) is 0 Å². The highest BCUT2D eigenvalue weighted by Crippen LogP contribution is 2.33. The third kappa shape index (κ3) is 10.9. The van der Waals surface area contributed by atoms with Gasteiger partial charge in [-0.05, 0) is 48.9 Å². The second kappa shape index (κ2) is 18.9. The number of nitrogens with one attached hydrogen (secondary N) is 5. The van der Waals surface area contributed by atoms with E-state index in [9.17, 15) is 33.2 Å². The van der Waals surface area contributed by atoms with Gasteiger partial charge < -0.3 is 41.3 Å². The number of amides is 7. The number of urea groups is 1. The summed E-state index contributed by atoms with van der Waals surface area (Å²) in [5.41, 5.74) is 0.738. The molecule has 2 aliphatic heterocycles. The molecule has 288 valence electrons. The molecule has 2 aliphatic rings. The fourth-order valence-corrected chi connectivity index (χ4v) is 6.66. The molecule has 0 unspecified atom stereocenters. The van der Waals surface area contributed by atoms with Crippen molar-refractivity contribution in [2.45, 2.75) is 58.7 Å². The first-order valence-corrected chi connectivity index (χ1v) is 18.4. The van der Waals surface area contributed by atoms with Gasteiger partial charge in [-0.3, -0.25) is 24.0 Å². The summed E-state index contributed by atoms with van der Waals surface area (Å²) in [7, 11) is 0. The van der Waals surface area contributed by atoms with Crippen molar-refractivity contribution < 1.29 is 33.2 Å². The number of hydrogen-bond acceptors (Lipinski definition) is 7. The van der Waals surface area contributed by atoms with Gasteiger partial charge in [-0.1, -0.05) is 69.1 Å². The number of hydrogen-bond donors (Lipinski definition) is 5. The summed E-state index contributed by atoms with van der Waals surface area (Å²) in [6.45, 7) is 8.35. The Morgan fingerprint density at radius 1 is 0.792 bits per heavy atom. The molecule has 5 N–H and O–H groups in total. The lowest BCUT2D eigenvalue weighted by atomic mass is 10.0. The van der Waals surface area contributed by atoms with Gasteiger partial charge in [0.2, 0.25) is 29.5 Å². The predicted molar refractivity (Wildman–Crippen MR) is 200 cm³/mol. The van der Waals surface area contributed by atoms with E-state index in [1.807, 2.05) is 12.1 Å². The molecule has 17 heteroatoms. The number of carbonyl (C=O) groups excluding carboxylic acids is 6. The van der Waals surface area contributed by atoms with Gasteiger partial charge in [0, 0.05) is 32.7 Å². The summed E-state index contributed by atoms with van der Waals surface area (Å²) < 4.78 is 13.8. The van der Waals surface area contributed by atoms with Gasteiger partial charge in [-0.2, -0.15) is 0 Å². The molecule has 3 atom stereocenters. The SMILES string of the molecule is CC(C)[C@H](NC(=O)CNC(=O)Nc1ccccc1F)C(=O)NCC(=O)N[C@H](C(=O)N1CCC[C@H]1C(=O)N1CCN(c2cccc(Cl)c2Cl)CC1)C(C)C. The molecule has 0 aromatic heterocycles. The van der Waals surface area contributed by atoms with E-state index in [2.05, 4.69) is 31.5 Å². The van der Waals surface area contributed by atoms with Crippen LogP contribution in [0.15, 0.2) is 42.5 Å². The van der Waals surface area contributed by atoms with Crippen LogP contribution >= 0.6 is 23.2 Å². The number of rotatable bonds is 13. The van der Waals surface area contributed by atoms with E-state index < -0.39 is 60.8 Å². The van der Waals surface area contributed by atoms with Crippen molar-refractivity contribution in [1.29, 1.82) is 0 Å². The summed E-state index contributed by atoms with van der Waals surface area (Å²) in [5.74, 6) is -3.82. The summed E-state index contributed by atoms with van der Waals surface area (Å²) in [4.78, 5) is 83.6. The van der Waals surface area contributed by atoms with Crippen LogP contribution in [0.1, 0.15) is 40.5 Å². The van der Waals surface area contributed by atoms with Crippen LogP contribution in [0.4, 0.5) is 20.6 Å². The highest BCUT2D eigenvalue weighted by molar-refractivity contribution is 6.43. The van der Waals surface area contributed by atoms with Crippen LogP contribution in [0, 0.1) is 17.7 Å². The summed E-state index contributed by atoms with van der Waals surface area (Å²) in [6, 6.07) is 7.50. The lowest BCUT2D eigenvalue weighted by Gasteiger charge is -2.39. The Hall–Kier alpha value is -4.63. The van der Waals surface area contributed by atoms with E-state index in [1.54, 1.807) is 43.6 Å². The van der Waals surface area contributed by atoms with E-state index in [4.69, 9.17) is 23.2 Å². The molecule has 0 spiro atoms. The maximum Gasteiger partial charge on any atom is 0.319 e. The molecule has 0 radical (unpaired) electrons. The zero-order valence-electron chi connectivity index (χ0n) is 30.2. The summed E-state index contributed by atoms with van der Waals surface area (Å²) in [6.07, 6.45) is 1.15. The first-order valence-electron chi connectivity index (χ1n) is 17.6. The van der Waals surface area contributed by atoms with Gasteiger partial charge in [-0.15, -0.1) is 0 Å². The Morgan fingerprint density at radius 3 is 2.06 bits per heavy atom. The monoisotopic (exact) mass is 776 g/mol. The topological polar surface area (TPSA) is 172 Å². The van der Waals surface area contributed by atoms with Crippen LogP contribution in [0.5, 0.6) is 0 Å². The first-order chi connectivity index (χ1) is 25.2. The van der Waals surface area contributed by atoms with Gasteiger partial charge in [-0.25, -0.2) is 9.18 Å². The maximum atomic E-state index is 13.8. The zero-order chi connectivity index (χ0) is 38.8. The van der Waals surface area contributed by atoms with Crippen LogP contribution < -0.4 is 31.5 Å². The van der Waals surface area contributed by atoms with Gasteiger partial charge in [0.25, 0.3) is 0 Å². The number of halogens is 3. The van der Waals surface area contributed by atoms with E-state index in [0.717, 1.165) is 5.69 Å². The molecule has 2 aromatic rings. The van der Waals surface area contributed by atoms with Crippen molar-refractivity contribution in [2.75, 3.05) is 56.0 Å². The predicted octanol–water partition coefficient (Wildman–Crippen LogP) is 2.99. The third-order valence-corrected chi connectivity index (χ3v) is 9.96. The minimum atomic E-state index is -1.05. The highest BCUT2D eigenvalue weighted by Gasteiger charge is 2.41. The van der Waals surface area contributed by atoms with Gasteiger partial charge >= 0.3 is 6.03 Å². The van der Waals surface area contributed by atoms with Crippen molar-refractivity contribution in [1.82, 2.24) is 31.1 Å². The largest absolute Gasteiger partial charge is 0.367 e. The standard InChI is InChI=1S/C36H47Cl2FN8O6/c1-21(2)31(43-29(49)20-41-36(53)42-25-11-6-5-10-24(25)39)33(50)40-19-28(48)44-32(22(3)4)35(52)47-14-8-13-27(47)34(51)46-17-15-45(16-18-46)26-12-7-9-23(37)30(26)38/h5-7,9-12,21-22,27,31-32H,8,13-20H2,1-4H3,(H,40,50)(H,43,49)(H,44,48)(H2,41,42,53)/t27-,31-,32-/m0/s1. The van der Waals surface area contributed by atoms with Crippen LogP contribution in [0.2, 0.25) is 10.0 Å². The number of benzene rings is 2. The minimum absolute atomic E-state index is 0.0651. The smallest absolute Gasteiger partial charge is 0.319 e. The molecular formula is C36H47Cl2FN8O6. The van der Waals surface area contributed by atoms with E-state index >= 15 is 0 Å². The van der Waals surface area contributed by atoms with Crippen molar-refractivity contribution >= 4 is 70.1 Å². The highest BCUT2D eigenvalue weighted by atomic mass is 35.5. The molecule has 0 aliphatic carbocycles. The normalized spacial score (nSPS) is 16.9. The lowest BCUT2D eigenvalue weighted by molar-refractivity contribution is -0.146. The van der Waals surface area contributed by atoms with E-state index in [1.165, 1.54) is 24.3 Å². The van der Waals surface area contributed by atoms with Crippen molar-refractivity contribution in [3.05, 3.63) is 58.3 Å². The minimum Gasteiger partial charge on any atom is -0.367 e. The Morgan fingerprint density at radius 2 is 1.42 bits per heavy atom. The zero-order valence-corrected chi connectivity index (χ0v) is 31.7. The number of likely N-dealkylation sites (tertiary alicyclic amines) is 1.